The van der Waals surface area contributed by atoms with Crippen LogP contribution in [0.4, 0.5) is 20.6 Å². The lowest BCUT2D eigenvalue weighted by molar-refractivity contribution is 0.102. The van der Waals surface area contributed by atoms with Crippen molar-refractivity contribution in [3.8, 4) is 0 Å². The Morgan fingerprint density at radius 3 is 2.58 bits per heavy atom. The molecule has 1 aliphatic rings. The molecule has 2 aromatic carbocycles. The second-order valence-electron chi connectivity index (χ2n) is 9.11. The SMILES string of the molecule is CC(C)(C)N1CCC(c2c[nH]c3ccc(NC(=O)Nc4c(F)cccc4I)cc23)CC1. The van der Waals surface area contributed by atoms with E-state index in [1.807, 2.05) is 40.8 Å². The van der Waals surface area contributed by atoms with Gasteiger partial charge in [-0.3, -0.25) is 4.90 Å². The van der Waals surface area contributed by atoms with Gasteiger partial charge in [-0.25, -0.2) is 9.18 Å². The molecule has 0 unspecified atom stereocenters. The molecule has 164 valence electrons. The highest BCUT2D eigenvalue weighted by molar-refractivity contribution is 14.1. The number of nitrogens with one attached hydrogen (secondary N) is 3. The normalized spacial score (nSPS) is 15.9. The first-order valence-corrected chi connectivity index (χ1v) is 11.7. The zero-order valence-electron chi connectivity index (χ0n) is 18.1. The van der Waals surface area contributed by atoms with Gasteiger partial charge in [0.1, 0.15) is 5.82 Å². The van der Waals surface area contributed by atoms with Gasteiger partial charge in [0.05, 0.1) is 5.69 Å². The number of nitrogens with zero attached hydrogens (tertiary/aromatic N) is 1. The van der Waals surface area contributed by atoms with E-state index in [1.165, 1.54) is 11.6 Å². The molecule has 0 atom stereocenters. The molecule has 3 aromatic rings. The number of piperidine rings is 1. The highest BCUT2D eigenvalue weighted by Gasteiger charge is 2.28. The maximum absolute atomic E-state index is 14.0. The Bertz CT molecular complexity index is 1080. The molecule has 0 aliphatic carbocycles. The number of anilines is 2. The van der Waals surface area contributed by atoms with Crippen LogP contribution >= 0.6 is 22.6 Å². The zero-order chi connectivity index (χ0) is 22.2. The summed E-state index contributed by atoms with van der Waals surface area (Å²) in [6.45, 7) is 8.98. The molecule has 1 aliphatic heterocycles. The average molecular weight is 534 g/mol. The fourth-order valence-electron chi connectivity index (χ4n) is 4.31. The van der Waals surface area contributed by atoms with Crippen LogP contribution in [0, 0.1) is 9.39 Å². The van der Waals surface area contributed by atoms with Crippen molar-refractivity contribution in [1.82, 2.24) is 9.88 Å². The Morgan fingerprint density at radius 2 is 1.90 bits per heavy atom. The van der Waals surface area contributed by atoms with Gasteiger partial charge < -0.3 is 15.6 Å². The van der Waals surface area contributed by atoms with Crippen LogP contribution in [0.25, 0.3) is 10.9 Å². The molecule has 5 nitrogen and oxygen atoms in total. The number of amides is 2. The van der Waals surface area contributed by atoms with Crippen molar-refractivity contribution < 1.29 is 9.18 Å². The molecule has 31 heavy (non-hydrogen) atoms. The first-order chi connectivity index (χ1) is 14.7. The number of aromatic amines is 1. The van der Waals surface area contributed by atoms with Crippen LogP contribution in [-0.4, -0.2) is 34.5 Å². The fraction of sp³-hybridized carbons (Fsp3) is 0.375. The Kier molecular flexibility index (Phi) is 6.25. The summed E-state index contributed by atoms with van der Waals surface area (Å²) < 4.78 is 14.7. The van der Waals surface area contributed by atoms with Gasteiger partial charge in [0.25, 0.3) is 0 Å². The summed E-state index contributed by atoms with van der Waals surface area (Å²) in [4.78, 5) is 18.4. The number of hydrogen-bond donors (Lipinski definition) is 3. The minimum absolute atomic E-state index is 0.189. The summed E-state index contributed by atoms with van der Waals surface area (Å²) in [7, 11) is 0. The van der Waals surface area contributed by atoms with Crippen molar-refractivity contribution in [2.45, 2.75) is 45.1 Å². The topological polar surface area (TPSA) is 60.2 Å². The monoisotopic (exact) mass is 534 g/mol. The lowest BCUT2D eigenvalue weighted by Crippen LogP contribution is -2.45. The van der Waals surface area contributed by atoms with Crippen molar-refractivity contribution in [3.63, 3.8) is 0 Å². The van der Waals surface area contributed by atoms with Gasteiger partial charge in [-0.15, -0.1) is 0 Å². The zero-order valence-corrected chi connectivity index (χ0v) is 20.2. The molecule has 0 saturated carbocycles. The van der Waals surface area contributed by atoms with Crippen LogP contribution in [0.5, 0.6) is 0 Å². The first-order valence-electron chi connectivity index (χ1n) is 10.6. The third-order valence-corrected chi connectivity index (χ3v) is 6.96. The van der Waals surface area contributed by atoms with Gasteiger partial charge in [-0.05, 0) is 111 Å². The Morgan fingerprint density at radius 1 is 1.16 bits per heavy atom. The van der Waals surface area contributed by atoms with Gasteiger partial charge in [-0.1, -0.05) is 6.07 Å². The summed E-state index contributed by atoms with van der Waals surface area (Å²) >= 11 is 2.01. The lowest BCUT2D eigenvalue weighted by Gasteiger charge is -2.40. The van der Waals surface area contributed by atoms with Crippen LogP contribution < -0.4 is 10.6 Å². The number of rotatable bonds is 3. The van der Waals surface area contributed by atoms with E-state index in [0.29, 0.717) is 15.2 Å². The van der Waals surface area contributed by atoms with E-state index in [-0.39, 0.29) is 11.2 Å². The summed E-state index contributed by atoms with van der Waals surface area (Å²) in [6, 6.07) is 10.1. The molecule has 4 rings (SSSR count). The molecule has 3 N–H and O–H groups in total. The highest BCUT2D eigenvalue weighted by atomic mass is 127. The predicted molar refractivity (Wildman–Crippen MR) is 133 cm³/mol. The molecule has 0 bridgehead atoms. The lowest BCUT2D eigenvalue weighted by atomic mass is 9.87. The highest BCUT2D eigenvalue weighted by Crippen LogP contribution is 2.36. The Hall–Kier alpha value is -2.13. The van der Waals surface area contributed by atoms with Gasteiger partial charge in [0.15, 0.2) is 0 Å². The number of aromatic nitrogens is 1. The number of likely N-dealkylation sites (tertiary alicyclic amines) is 1. The van der Waals surface area contributed by atoms with Crippen LogP contribution in [0.3, 0.4) is 0 Å². The minimum atomic E-state index is -0.460. The second kappa shape index (κ2) is 8.78. The van der Waals surface area contributed by atoms with Crippen molar-refractivity contribution in [2.24, 2.45) is 0 Å². The molecular weight excluding hydrogens is 506 g/mol. The van der Waals surface area contributed by atoms with Crippen LogP contribution in [-0.2, 0) is 0 Å². The largest absolute Gasteiger partial charge is 0.361 e. The molecule has 1 aromatic heterocycles. The van der Waals surface area contributed by atoms with Crippen molar-refractivity contribution in [1.29, 1.82) is 0 Å². The molecule has 0 spiro atoms. The smallest absolute Gasteiger partial charge is 0.323 e. The van der Waals surface area contributed by atoms with E-state index >= 15 is 0 Å². The van der Waals surface area contributed by atoms with Gasteiger partial charge in [-0.2, -0.15) is 0 Å². The summed E-state index contributed by atoms with van der Waals surface area (Å²) in [5.74, 6) is 0.0449. The van der Waals surface area contributed by atoms with Crippen molar-refractivity contribution >= 4 is 50.9 Å². The number of carbonyl (C=O) groups excluding carboxylic acids is 1. The van der Waals surface area contributed by atoms with Gasteiger partial charge in [0.2, 0.25) is 0 Å². The number of carbonyl (C=O) groups is 1. The molecule has 2 heterocycles. The molecular formula is C24H28FIN4O. The Balaban J connectivity index is 1.49. The third kappa shape index (κ3) is 4.87. The molecule has 0 radical (unpaired) electrons. The summed E-state index contributed by atoms with van der Waals surface area (Å²) in [5, 5.41) is 6.59. The number of fused-ring (bicyclic) bond motifs is 1. The van der Waals surface area contributed by atoms with E-state index in [1.54, 1.807) is 12.1 Å². The number of halogens is 2. The van der Waals surface area contributed by atoms with E-state index < -0.39 is 11.8 Å². The summed E-state index contributed by atoms with van der Waals surface area (Å²) in [5.41, 5.74) is 3.43. The molecule has 7 heteroatoms. The predicted octanol–water partition coefficient (Wildman–Crippen LogP) is 6.53. The van der Waals surface area contributed by atoms with Crippen molar-refractivity contribution in [3.05, 3.63) is 57.5 Å². The molecule has 2 amide bonds. The standard InChI is InChI=1S/C24H28FIN4O/c1-24(2,3)30-11-9-15(10-12-30)18-14-27-21-8-7-16(13-17(18)21)28-23(31)29-22-19(25)5-4-6-20(22)26/h4-8,13-15,27H,9-12H2,1-3H3,(H2,28,29,31). The maximum atomic E-state index is 14.0. The number of benzene rings is 2. The van der Waals surface area contributed by atoms with Gasteiger partial charge >= 0.3 is 6.03 Å². The quantitative estimate of drug-likeness (QED) is 0.335. The molecule has 1 fully saturated rings. The fourth-order valence-corrected chi connectivity index (χ4v) is 4.91. The average Bonchev–Trinajstić information content (AvgIpc) is 3.13. The maximum Gasteiger partial charge on any atom is 0.323 e. The first kappa shape index (κ1) is 22.1. The van der Waals surface area contributed by atoms with Gasteiger partial charge in [0, 0.05) is 31.9 Å². The number of hydrogen-bond acceptors (Lipinski definition) is 2. The third-order valence-electron chi connectivity index (χ3n) is 6.06. The van der Waals surface area contributed by atoms with Crippen LogP contribution in [0.15, 0.2) is 42.6 Å². The Labute approximate surface area is 195 Å². The molecule has 1 saturated heterocycles. The van der Waals surface area contributed by atoms with E-state index in [2.05, 4.69) is 47.5 Å². The van der Waals surface area contributed by atoms with Crippen molar-refractivity contribution in [2.75, 3.05) is 23.7 Å². The van der Waals surface area contributed by atoms with E-state index in [9.17, 15) is 9.18 Å². The number of urea groups is 1. The van der Waals surface area contributed by atoms with E-state index in [0.717, 1.165) is 36.8 Å². The van der Waals surface area contributed by atoms with E-state index in [4.69, 9.17) is 0 Å². The summed E-state index contributed by atoms with van der Waals surface area (Å²) in [6.07, 6.45) is 4.34. The number of H-pyrrole nitrogens is 1. The second-order valence-corrected chi connectivity index (χ2v) is 10.3. The minimum Gasteiger partial charge on any atom is -0.361 e. The van der Waals surface area contributed by atoms with Crippen LogP contribution in [0.2, 0.25) is 0 Å². The number of para-hydroxylation sites is 1. The van der Waals surface area contributed by atoms with Crippen LogP contribution in [0.1, 0.15) is 45.1 Å².